The first-order valence-electron chi connectivity index (χ1n) is 7.59. The van der Waals surface area contributed by atoms with Gasteiger partial charge in [0, 0.05) is 12.8 Å². The van der Waals surface area contributed by atoms with E-state index in [1.807, 2.05) is 0 Å². The molecule has 6 heteroatoms. The molecule has 0 saturated heterocycles. The lowest BCUT2D eigenvalue weighted by atomic mass is 10.0. The number of rotatable bonds is 9. The van der Waals surface area contributed by atoms with Crippen LogP contribution in [-0.4, -0.2) is 38.9 Å². The average Bonchev–Trinajstić information content (AvgIpc) is 2.87. The van der Waals surface area contributed by atoms with Crippen molar-refractivity contribution in [3.63, 3.8) is 0 Å². The summed E-state index contributed by atoms with van der Waals surface area (Å²) in [5.74, 6) is 0.612. The van der Waals surface area contributed by atoms with Gasteiger partial charge in [0.25, 0.3) is 0 Å². The van der Waals surface area contributed by atoms with Crippen molar-refractivity contribution in [1.82, 2.24) is 5.32 Å². The van der Waals surface area contributed by atoms with Gasteiger partial charge in [-0.15, -0.1) is 0 Å². The van der Waals surface area contributed by atoms with Crippen molar-refractivity contribution in [2.24, 2.45) is 11.7 Å². The lowest BCUT2D eigenvalue weighted by molar-refractivity contribution is -0.122. The van der Waals surface area contributed by atoms with Crippen LogP contribution in [0.25, 0.3) is 0 Å². The highest BCUT2D eigenvalue weighted by atomic mass is 32.2. The Bertz CT molecular complexity index is 389. The zero-order valence-electron chi connectivity index (χ0n) is 12.4. The highest BCUT2D eigenvalue weighted by Crippen LogP contribution is 2.28. The summed E-state index contributed by atoms with van der Waals surface area (Å²) < 4.78 is 22.0. The molecule has 0 aromatic heterocycles. The molecular formula is C14H28N2O3S. The summed E-state index contributed by atoms with van der Waals surface area (Å²) in [6.45, 7) is 0.637. The highest BCUT2D eigenvalue weighted by Gasteiger charge is 2.16. The quantitative estimate of drug-likeness (QED) is 0.627. The molecule has 0 spiro atoms. The maximum absolute atomic E-state index is 11.6. The Kier molecular flexibility index (Phi) is 7.51. The van der Waals surface area contributed by atoms with Gasteiger partial charge < -0.3 is 11.1 Å². The van der Waals surface area contributed by atoms with Crippen LogP contribution < -0.4 is 11.1 Å². The Morgan fingerprint density at radius 2 is 1.95 bits per heavy atom. The molecule has 0 heterocycles. The maximum atomic E-state index is 11.6. The fourth-order valence-corrected chi connectivity index (χ4v) is 3.35. The summed E-state index contributed by atoms with van der Waals surface area (Å²) in [6.07, 6.45) is 10.2. The fourth-order valence-electron chi connectivity index (χ4n) is 2.67. The van der Waals surface area contributed by atoms with Gasteiger partial charge in [0.15, 0.2) is 0 Å². The van der Waals surface area contributed by atoms with E-state index in [9.17, 15) is 13.2 Å². The van der Waals surface area contributed by atoms with Gasteiger partial charge in [0.1, 0.15) is 9.84 Å². The molecule has 0 aromatic rings. The Hall–Kier alpha value is -0.620. The molecule has 0 radical (unpaired) electrons. The molecule has 1 aliphatic rings. The van der Waals surface area contributed by atoms with Gasteiger partial charge in [-0.3, -0.25) is 4.79 Å². The summed E-state index contributed by atoms with van der Waals surface area (Å²) in [6, 6.07) is -0.723. The van der Waals surface area contributed by atoms with E-state index < -0.39 is 15.9 Å². The van der Waals surface area contributed by atoms with Crippen molar-refractivity contribution >= 4 is 15.7 Å². The van der Waals surface area contributed by atoms with Gasteiger partial charge >= 0.3 is 0 Å². The number of sulfone groups is 1. The number of amides is 1. The summed E-state index contributed by atoms with van der Waals surface area (Å²) in [5.41, 5.74) is 5.66. The second-order valence-corrected chi connectivity index (χ2v) is 8.22. The van der Waals surface area contributed by atoms with E-state index in [1.165, 1.54) is 32.1 Å². The Morgan fingerprint density at radius 3 is 2.55 bits per heavy atom. The standard InChI is InChI=1S/C14H28N2O3S/c1-20(18,19)11-9-13(15)14(17)16-10-5-4-8-12-6-2-3-7-12/h12-13H,2-11,15H2,1H3,(H,16,17). The Morgan fingerprint density at radius 1 is 1.30 bits per heavy atom. The predicted molar refractivity (Wildman–Crippen MR) is 81.1 cm³/mol. The number of carbonyl (C=O) groups excluding carboxylic acids is 1. The molecule has 1 saturated carbocycles. The van der Waals surface area contributed by atoms with Gasteiger partial charge in [0.05, 0.1) is 11.8 Å². The van der Waals surface area contributed by atoms with Crippen LogP contribution in [0.15, 0.2) is 0 Å². The number of hydrogen-bond acceptors (Lipinski definition) is 4. The minimum atomic E-state index is -3.05. The number of nitrogens with two attached hydrogens (primary N) is 1. The first-order valence-corrected chi connectivity index (χ1v) is 9.65. The first-order chi connectivity index (χ1) is 9.38. The van der Waals surface area contributed by atoms with Crippen molar-refractivity contribution in [3.05, 3.63) is 0 Å². The van der Waals surface area contributed by atoms with E-state index in [1.54, 1.807) is 0 Å². The molecule has 1 unspecified atom stereocenters. The molecule has 1 aliphatic carbocycles. The van der Waals surface area contributed by atoms with E-state index in [0.717, 1.165) is 25.0 Å². The van der Waals surface area contributed by atoms with Crippen molar-refractivity contribution in [3.8, 4) is 0 Å². The minimum absolute atomic E-state index is 0.0384. The maximum Gasteiger partial charge on any atom is 0.236 e. The third kappa shape index (κ3) is 7.85. The molecule has 1 fully saturated rings. The number of carbonyl (C=O) groups is 1. The smallest absolute Gasteiger partial charge is 0.236 e. The van der Waals surface area contributed by atoms with Gasteiger partial charge in [0.2, 0.25) is 5.91 Å². The van der Waals surface area contributed by atoms with Gasteiger partial charge in [-0.2, -0.15) is 0 Å². The molecule has 0 aromatic carbocycles. The first kappa shape index (κ1) is 17.4. The predicted octanol–water partition coefficient (Wildman–Crippen LogP) is 1.23. The minimum Gasteiger partial charge on any atom is -0.355 e. The van der Waals surface area contributed by atoms with E-state index in [-0.39, 0.29) is 18.1 Å². The molecule has 20 heavy (non-hydrogen) atoms. The molecule has 0 aliphatic heterocycles. The largest absolute Gasteiger partial charge is 0.355 e. The molecule has 0 bridgehead atoms. The highest BCUT2D eigenvalue weighted by molar-refractivity contribution is 7.90. The molecule has 5 nitrogen and oxygen atoms in total. The zero-order valence-corrected chi connectivity index (χ0v) is 13.3. The fraction of sp³-hybridized carbons (Fsp3) is 0.929. The van der Waals surface area contributed by atoms with Crippen LogP contribution in [0.3, 0.4) is 0 Å². The van der Waals surface area contributed by atoms with Crippen molar-refractivity contribution in [2.45, 2.75) is 57.4 Å². The van der Waals surface area contributed by atoms with Crippen LogP contribution in [-0.2, 0) is 14.6 Å². The second-order valence-electron chi connectivity index (χ2n) is 5.96. The van der Waals surface area contributed by atoms with Crippen LogP contribution in [0, 0.1) is 5.92 Å². The lowest BCUT2D eigenvalue weighted by Crippen LogP contribution is -2.41. The van der Waals surface area contributed by atoms with Crippen molar-refractivity contribution < 1.29 is 13.2 Å². The number of hydrogen-bond donors (Lipinski definition) is 2. The van der Waals surface area contributed by atoms with Gasteiger partial charge in [-0.25, -0.2) is 8.42 Å². The monoisotopic (exact) mass is 304 g/mol. The summed E-state index contributed by atoms with van der Waals surface area (Å²) in [7, 11) is -3.05. The van der Waals surface area contributed by atoms with Crippen LogP contribution in [0.2, 0.25) is 0 Å². The molecule has 1 atom stereocenters. The van der Waals surface area contributed by atoms with Crippen molar-refractivity contribution in [1.29, 1.82) is 0 Å². The Balaban J connectivity index is 2.03. The van der Waals surface area contributed by atoms with Crippen LogP contribution >= 0.6 is 0 Å². The van der Waals surface area contributed by atoms with Crippen LogP contribution in [0.4, 0.5) is 0 Å². The molecule has 1 rings (SSSR count). The van der Waals surface area contributed by atoms with Crippen molar-refractivity contribution in [2.75, 3.05) is 18.6 Å². The number of unbranched alkanes of at least 4 members (excludes halogenated alkanes) is 1. The summed E-state index contributed by atoms with van der Waals surface area (Å²) in [4.78, 5) is 11.6. The van der Waals surface area contributed by atoms with Crippen LogP contribution in [0.5, 0.6) is 0 Å². The summed E-state index contributed by atoms with van der Waals surface area (Å²) in [5, 5.41) is 2.79. The topological polar surface area (TPSA) is 89.3 Å². The molecule has 3 N–H and O–H groups in total. The third-order valence-electron chi connectivity index (χ3n) is 3.95. The van der Waals surface area contributed by atoms with E-state index in [0.29, 0.717) is 6.54 Å². The average molecular weight is 304 g/mol. The van der Waals surface area contributed by atoms with Gasteiger partial charge in [-0.1, -0.05) is 38.5 Å². The third-order valence-corrected chi connectivity index (χ3v) is 4.93. The number of nitrogens with one attached hydrogen (secondary N) is 1. The van der Waals surface area contributed by atoms with Crippen LogP contribution in [0.1, 0.15) is 51.4 Å². The summed E-state index contributed by atoms with van der Waals surface area (Å²) >= 11 is 0. The van der Waals surface area contributed by atoms with E-state index in [4.69, 9.17) is 5.73 Å². The van der Waals surface area contributed by atoms with E-state index >= 15 is 0 Å². The molecular weight excluding hydrogens is 276 g/mol. The SMILES string of the molecule is CS(=O)(=O)CCC(N)C(=O)NCCCCC1CCCC1. The molecule has 1 amide bonds. The second kappa shape index (κ2) is 8.62. The van der Waals surface area contributed by atoms with Gasteiger partial charge in [-0.05, 0) is 18.8 Å². The lowest BCUT2D eigenvalue weighted by Gasteiger charge is -2.12. The molecule has 118 valence electrons. The van der Waals surface area contributed by atoms with E-state index in [2.05, 4.69) is 5.32 Å². The Labute approximate surface area is 122 Å². The normalized spacial score (nSPS) is 18.1. The zero-order chi connectivity index (χ0) is 15.0.